The van der Waals surface area contributed by atoms with Crippen molar-refractivity contribution in [2.45, 2.75) is 51.4 Å². The minimum Gasteiger partial charge on any atom is -0.361 e. The Morgan fingerprint density at radius 2 is 1.81 bits per heavy atom. The number of aromatic nitrogens is 1. The molecule has 0 bridgehead atoms. The van der Waals surface area contributed by atoms with E-state index in [0.29, 0.717) is 18.3 Å². The lowest BCUT2D eigenvalue weighted by atomic mass is 9.85. The zero-order valence-electron chi connectivity index (χ0n) is 15.8. The molecule has 2 unspecified atom stereocenters. The summed E-state index contributed by atoms with van der Waals surface area (Å²) in [6.45, 7) is 4.60. The molecule has 1 aliphatic heterocycles. The number of fused-ring (bicyclic) bond motifs is 2. The lowest BCUT2D eigenvalue weighted by Gasteiger charge is -2.24. The van der Waals surface area contributed by atoms with E-state index in [0.717, 1.165) is 35.5 Å². The van der Waals surface area contributed by atoms with Gasteiger partial charge in [-0.3, -0.25) is 4.79 Å². The highest BCUT2D eigenvalue weighted by Crippen LogP contribution is 2.36. The first-order valence-electron chi connectivity index (χ1n) is 9.71. The highest BCUT2D eigenvalue weighted by Gasteiger charge is 2.21. The van der Waals surface area contributed by atoms with Crippen molar-refractivity contribution in [1.82, 2.24) is 4.98 Å². The number of halogens is 1. The molecule has 0 radical (unpaired) electrons. The van der Waals surface area contributed by atoms with Crippen molar-refractivity contribution in [2.75, 3.05) is 5.32 Å². The SMILES string of the molecule is CC(CCC(C)c1c[nH]c2cc(Cl)ccc12)c1cccc2c1CCC(=O)N2. The van der Waals surface area contributed by atoms with Gasteiger partial charge in [-0.15, -0.1) is 0 Å². The first-order valence-corrected chi connectivity index (χ1v) is 10.1. The molecular weight excluding hydrogens is 356 g/mol. The molecule has 3 aromatic rings. The zero-order valence-corrected chi connectivity index (χ0v) is 16.6. The quantitative estimate of drug-likeness (QED) is 0.529. The molecular formula is C23H25ClN2O. The summed E-state index contributed by atoms with van der Waals surface area (Å²) in [5, 5.41) is 5.04. The van der Waals surface area contributed by atoms with E-state index in [1.807, 2.05) is 18.2 Å². The van der Waals surface area contributed by atoms with Crippen LogP contribution in [0.5, 0.6) is 0 Å². The van der Waals surface area contributed by atoms with E-state index in [1.165, 1.54) is 22.1 Å². The zero-order chi connectivity index (χ0) is 19.0. The van der Waals surface area contributed by atoms with E-state index in [4.69, 9.17) is 11.6 Å². The Balaban J connectivity index is 1.48. The van der Waals surface area contributed by atoms with Gasteiger partial charge in [0.2, 0.25) is 5.91 Å². The molecule has 3 nitrogen and oxygen atoms in total. The highest BCUT2D eigenvalue weighted by molar-refractivity contribution is 6.31. The highest BCUT2D eigenvalue weighted by atomic mass is 35.5. The molecule has 4 heteroatoms. The number of H-pyrrole nitrogens is 1. The molecule has 140 valence electrons. The van der Waals surface area contributed by atoms with Gasteiger partial charge in [0, 0.05) is 34.2 Å². The summed E-state index contributed by atoms with van der Waals surface area (Å²) >= 11 is 6.10. The molecule has 2 aromatic carbocycles. The summed E-state index contributed by atoms with van der Waals surface area (Å²) in [5.74, 6) is 1.07. The second-order valence-electron chi connectivity index (χ2n) is 7.73. The molecule has 0 saturated carbocycles. The van der Waals surface area contributed by atoms with Crippen molar-refractivity contribution in [3.05, 3.63) is 64.3 Å². The van der Waals surface area contributed by atoms with E-state index in [9.17, 15) is 4.79 Å². The second-order valence-corrected chi connectivity index (χ2v) is 8.17. The number of carbonyl (C=O) groups is 1. The number of rotatable bonds is 5. The van der Waals surface area contributed by atoms with Crippen LogP contribution in [0.3, 0.4) is 0 Å². The van der Waals surface area contributed by atoms with Crippen LogP contribution in [0.4, 0.5) is 5.69 Å². The minimum absolute atomic E-state index is 0.125. The third-order valence-electron chi connectivity index (χ3n) is 5.86. The molecule has 2 heterocycles. The van der Waals surface area contributed by atoms with E-state index >= 15 is 0 Å². The lowest BCUT2D eigenvalue weighted by molar-refractivity contribution is -0.116. The largest absolute Gasteiger partial charge is 0.361 e. The fourth-order valence-electron chi connectivity index (χ4n) is 4.25. The summed E-state index contributed by atoms with van der Waals surface area (Å²) in [7, 11) is 0. The summed E-state index contributed by atoms with van der Waals surface area (Å²) in [6, 6.07) is 12.4. The minimum atomic E-state index is 0.125. The van der Waals surface area contributed by atoms with E-state index in [2.05, 4.69) is 48.5 Å². The van der Waals surface area contributed by atoms with E-state index in [-0.39, 0.29) is 5.91 Å². The number of anilines is 1. The van der Waals surface area contributed by atoms with Crippen LogP contribution in [-0.4, -0.2) is 10.9 Å². The molecule has 0 saturated heterocycles. The van der Waals surface area contributed by atoms with Gasteiger partial charge in [-0.2, -0.15) is 0 Å². The van der Waals surface area contributed by atoms with Crippen LogP contribution in [0.2, 0.25) is 5.02 Å². The summed E-state index contributed by atoms with van der Waals surface area (Å²) < 4.78 is 0. The van der Waals surface area contributed by atoms with Gasteiger partial charge in [-0.25, -0.2) is 0 Å². The molecule has 27 heavy (non-hydrogen) atoms. The predicted octanol–water partition coefficient (Wildman–Crippen LogP) is 6.39. The Morgan fingerprint density at radius 1 is 1.04 bits per heavy atom. The van der Waals surface area contributed by atoms with Crippen molar-refractivity contribution in [3.63, 3.8) is 0 Å². The monoisotopic (exact) mass is 380 g/mol. The number of carbonyl (C=O) groups excluding carboxylic acids is 1. The van der Waals surface area contributed by atoms with Gasteiger partial charge in [-0.1, -0.05) is 43.6 Å². The average molecular weight is 381 g/mol. The molecule has 0 aliphatic carbocycles. The number of benzene rings is 2. The third-order valence-corrected chi connectivity index (χ3v) is 6.09. The third kappa shape index (κ3) is 3.61. The van der Waals surface area contributed by atoms with Gasteiger partial charge in [-0.05, 0) is 66.0 Å². The Bertz CT molecular complexity index is 991. The Kier molecular flexibility index (Phi) is 4.96. The normalized spacial score (nSPS) is 16.0. The molecule has 2 N–H and O–H groups in total. The maximum absolute atomic E-state index is 11.7. The molecule has 0 spiro atoms. The number of aromatic amines is 1. The molecule has 2 atom stereocenters. The molecule has 1 aliphatic rings. The average Bonchev–Trinajstić information content (AvgIpc) is 3.08. The fourth-order valence-corrected chi connectivity index (χ4v) is 4.43. The summed E-state index contributed by atoms with van der Waals surface area (Å²) in [5.41, 5.74) is 6.16. The number of hydrogen-bond donors (Lipinski definition) is 2. The van der Waals surface area contributed by atoms with Crippen LogP contribution in [-0.2, 0) is 11.2 Å². The van der Waals surface area contributed by atoms with Gasteiger partial charge < -0.3 is 10.3 Å². The molecule has 0 fully saturated rings. The van der Waals surface area contributed by atoms with Gasteiger partial charge >= 0.3 is 0 Å². The molecule has 4 rings (SSSR count). The van der Waals surface area contributed by atoms with E-state index in [1.54, 1.807) is 0 Å². The maximum atomic E-state index is 11.7. The Hall–Kier alpha value is -2.26. The van der Waals surface area contributed by atoms with Crippen molar-refractivity contribution in [3.8, 4) is 0 Å². The first-order chi connectivity index (χ1) is 13.0. The standard InChI is InChI=1S/C23H25ClN2O/c1-14(17-4-3-5-21-18(17)10-11-23(27)26-21)6-7-15(2)20-13-25-22-12-16(24)8-9-19(20)22/h3-5,8-9,12-15,25H,6-7,10-11H2,1-2H3,(H,26,27). The lowest BCUT2D eigenvalue weighted by Crippen LogP contribution is -2.20. The first kappa shape index (κ1) is 18.1. The predicted molar refractivity (Wildman–Crippen MR) is 113 cm³/mol. The van der Waals surface area contributed by atoms with Crippen LogP contribution in [0.1, 0.15) is 61.6 Å². The van der Waals surface area contributed by atoms with Gasteiger partial charge in [0.1, 0.15) is 0 Å². The Labute approximate surface area is 165 Å². The summed E-state index contributed by atoms with van der Waals surface area (Å²) in [6.07, 6.45) is 5.79. The topological polar surface area (TPSA) is 44.9 Å². The number of hydrogen-bond acceptors (Lipinski definition) is 1. The number of amides is 1. The molecule has 1 aromatic heterocycles. The van der Waals surface area contributed by atoms with Gasteiger partial charge in [0.05, 0.1) is 0 Å². The maximum Gasteiger partial charge on any atom is 0.224 e. The van der Waals surface area contributed by atoms with Crippen LogP contribution < -0.4 is 5.32 Å². The van der Waals surface area contributed by atoms with E-state index < -0.39 is 0 Å². The van der Waals surface area contributed by atoms with Crippen LogP contribution in [0.15, 0.2) is 42.6 Å². The fraction of sp³-hybridized carbons (Fsp3) is 0.348. The van der Waals surface area contributed by atoms with Gasteiger partial charge in [0.25, 0.3) is 0 Å². The van der Waals surface area contributed by atoms with Gasteiger partial charge in [0.15, 0.2) is 0 Å². The van der Waals surface area contributed by atoms with Crippen molar-refractivity contribution in [2.24, 2.45) is 0 Å². The van der Waals surface area contributed by atoms with Crippen LogP contribution >= 0.6 is 11.6 Å². The second kappa shape index (κ2) is 7.40. The Morgan fingerprint density at radius 3 is 2.63 bits per heavy atom. The smallest absolute Gasteiger partial charge is 0.224 e. The van der Waals surface area contributed by atoms with Crippen molar-refractivity contribution < 1.29 is 4.79 Å². The summed E-state index contributed by atoms with van der Waals surface area (Å²) in [4.78, 5) is 15.0. The number of nitrogens with one attached hydrogen (secondary N) is 2. The van der Waals surface area contributed by atoms with Crippen LogP contribution in [0.25, 0.3) is 10.9 Å². The molecule has 1 amide bonds. The van der Waals surface area contributed by atoms with Crippen molar-refractivity contribution >= 4 is 34.1 Å². The van der Waals surface area contributed by atoms with Crippen LogP contribution in [0, 0.1) is 0 Å². The van der Waals surface area contributed by atoms with Crippen molar-refractivity contribution in [1.29, 1.82) is 0 Å².